The van der Waals surface area contributed by atoms with E-state index in [0.717, 1.165) is 22.5 Å². The van der Waals surface area contributed by atoms with Crippen LogP contribution in [0.1, 0.15) is 44.7 Å². The zero-order valence-corrected chi connectivity index (χ0v) is 22.0. The summed E-state index contributed by atoms with van der Waals surface area (Å²) in [5, 5.41) is 3.41. The fourth-order valence-electron chi connectivity index (χ4n) is 3.57. The first-order valence-electron chi connectivity index (χ1n) is 11.4. The summed E-state index contributed by atoms with van der Waals surface area (Å²) < 4.78 is 26.3. The number of nitrogens with one attached hydrogen (secondary N) is 1. The Balaban J connectivity index is 2.45. The number of sulfonamides is 1. The fourth-order valence-corrected chi connectivity index (χ4v) is 4.60. The Morgan fingerprint density at radius 3 is 2.29 bits per heavy atom. The topological polar surface area (TPSA) is 86.8 Å². The third-order valence-electron chi connectivity index (χ3n) is 5.65. The van der Waals surface area contributed by atoms with Gasteiger partial charge in [-0.3, -0.25) is 13.9 Å². The lowest BCUT2D eigenvalue weighted by Gasteiger charge is -2.33. The highest BCUT2D eigenvalue weighted by Gasteiger charge is 2.32. The van der Waals surface area contributed by atoms with Crippen LogP contribution in [0.15, 0.2) is 48.5 Å². The van der Waals surface area contributed by atoms with E-state index in [1.165, 1.54) is 4.90 Å². The molecule has 0 bridgehead atoms. The normalized spacial score (nSPS) is 13.1. The van der Waals surface area contributed by atoms with Crippen molar-refractivity contribution in [3.8, 4) is 0 Å². The summed E-state index contributed by atoms with van der Waals surface area (Å²) >= 11 is 6.35. The van der Waals surface area contributed by atoms with Crippen LogP contribution in [-0.2, 0) is 26.2 Å². The zero-order chi connectivity index (χ0) is 25.5. The number of amides is 2. The van der Waals surface area contributed by atoms with Crippen LogP contribution in [0.25, 0.3) is 0 Å². The highest BCUT2D eigenvalue weighted by Crippen LogP contribution is 2.23. The van der Waals surface area contributed by atoms with Crippen LogP contribution < -0.4 is 9.62 Å². The van der Waals surface area contributed by atoms with Crippen molar-refractivity contribution in [2.75, 3.05) is 17.1 Å². The van der Waals surface area contributed by atoms with Gasteiger partial charge < -0.3 is 10.2 Å². The lowest BCUT2D eigenvalue weighted by Crippen LogP contribution is -2.53. The highest BCUT2D eigenvalue weighted by atomic mass is 35.5. The first kappa shape index (κ1) is 27.7. The van der Waals surface area contributed by atoms with Gasteiger partial charge in [-0.25, -0.2) is 8.42 Å². The summed E-state index contributed by atoms with van der Waals surface area (Å²) in [5.41, 5.74) is 1.94. The van der Waals surface area contributed by atoms with Crippen molar-refractivity contribution in [3.63, 3.8) is 0 Å². The highest BCUT2D eigenvalue weighted by molar-refractivity contribution is 7.92. The van der Waals surface area contributed by atoms with E-state index in [2.05, 4.69) is 5.32 Å². The predicted octanol–water partition coefficient (Wildman–Crippen LogP) is 4.14. The van der Waals surface area contributed by atoms with Gasteiger partial charge in [0.15, 0.2) is 0 Å². The lowest BCUT2D eigenvalue weighted by molar-refractivity contribution is -0.140. The van der Waals surface area contributed by atoms with E-state index < -0.39 is 28.5 Å². The number of benzene rings is 2. The fraction of sp³-hybridized carbons (Fsp3) is 0.440. The number of carbonyl (C=O) groups is 2. The maximum atomic E-state index is 13.6. The molecule has 0 saturated heterocycles. The molecule has 0 radical (unpaired) electrons. The minimum atomic E-state index is -3.76. The van der Waals surface area contributed by atoms with Gasteiger partial charge in [0.25, 0.3) is 0 Å². The zero-order valence-electron chi connectivity index (χ0n) is 20.4. The quantitative estimate of drug-likeness (QED) is 0.495. The third kappa shape index (κ3) is 7.46. The maximum Gasteiger partial charge on any atom is 0.244 e. The molecule has 0 aliphatic rings. The van der Waals surface area contributed by atoms with Crippen molar-refractivity contribution >= 4 is 39.1 Å². The molecule has 7 nitrogen and oxygen atoms in total. The van der Waals surface area contributed by atoms with E-state index in [4.69, 9.17) is 11.6 Å². The number of halogens is 1. The van der Waals surface area contributed by atoms with Gasteiger partial charge >= 0.3 is 0 Å². The number of carbonyl (C=O) groups excluding carboxylic acids is 2. The molecule has 0 fully saturated rings. The van der Waals surface area contributed by atoms with Crippen LogP contribution in [0.2, 0.25) is 5.02 Å². The Labute approximate surface area is 208 Å². The van der Waals surface area contributed by atoms with Gasteiger partial charge in [-0.15, -0.1) is 0 Å². The number of hydrogen-bond donors (Lipinski definition) is 1. The second-order valence-electron chi connectivity index (χ2n) is 8.46. The Morgan fingerprint density at radius 2 is 1.74 bits per heavy atom. The first-order valence-corrected chi connectivity index (χ1v) is 13.6. The van der Waals surface area contributed by atoms with Crippen LogP contribution in [0, 0.1) is 6.92 Å². The van der Waals surface area contributed by atoms with Gasteiger partial charge in [0.05, 0.1) is 11.9 Å². The van der Waals surface area contributed by atoms with Gasteiger partial charge in [0.2, 0.25) is 21.8 Å². The second-order valence-corrected chi connectivity index (χ2v) is 10.8. The summed E-state index contributed by atoms with van der Waals surface area (Å²) in [5.74, 6) is -0.767. The smallest absolute Gasteiger partial charge is 0.244 e. The average Bonchev–Trinajstić information content (AvgIpc) is 2.77. The second kappa shape index (κ2) is 12.2. The molecule has 0 aliphatic heterocycles. The van der Waals surface area contributed by atoms with E-state index in [1.54, 1.807) is 42.5 Å². The van der Waals surface area contributed by atoms with Crippen molar-refractivity contribution in [2.24, 2.45) is 0 Å². The minimum absolute atomic E-state index is 0.0568. The molecule has 186 valence electrons. The van der Waals surface area contributed by atoms with Gasteiger partial charge in [0.1, 0.15) is 12.6 Å². The summed E-state index contributed by atoms with van der Waals surface area (Å²) in [6, 6.07) is 13.2. The molecule has 2 amide bonds. The van der Waals surface area contributed by atoms with Crippen molar-refractivity contribution in [1.29, 1.82) is 0 Å². The van der Waals surface area contributed by atoms with E-state index in [9.17, 15) is 18.0 Å². The Morgan fingerprint density at radius 1 is 1.06 bits per heavy atom. The summed E-state index contributed by atoms with van der Waals surface area (Å²) in [6.07, 6.45) is 2.17. The molecule has 0 saturated carbocycles. The standard InChI is InChI=1S/C25H34ClN3O4S/c1-6-19(4)27-25(31)23(7-2)28(16-20-12-8-9-14-22(20)26)24(30)17-29(34(5,32)33)21-13-10-11-18(3)15-21/h8-15,19,23H,6-7,16-17H2,1-5H3,(H,27,31)/t19-,23+/m0/s1. The molecule has 2 rings (SSSR count). The minimum Gasteiger partial charge on any atom is -0.352 e. The van der Waals surface area contributed by atoms with E-state index in [-0.39, 0.29) is 18.5 Å². The Hall–Kier alpha value is -2.58. The molecular formula is C25H34ClN3O4S. The molecule has 2 aromatic rings. The lowest BCUT2D eigenvalue weighted by atomic mass is 10.1. The van der Waals surface area contributed by atoms with Crippen molar-refractivity contribution in [3.05, 3.63) is 64.7 Å². The molecule has 2 aromatic carbocycles. The predicted molar refractivity (Wildman–Crippen MR) is 137 cm³/mol. The van der Waals surface area contributed by atoms with Gasteiger partial charge in [-0.1, -0.05) is 55.8 Å². The molecule has 0 aliphatic carbocycles. The summed E-state index contributed by atoms with van der Waals surface area (Å²) in [7, 11) is -3.76. The Kier molecular flexibility index (Phi) is 9.94. The van der Waals surface area contributed by atoms with Crippen LogP contribution in [0.3, 0.4) is 0 Å². The molecule has 0 unspecified atom stereocenters. The van der Waals surface area contributed by atoms with Crippen molar-refractivity contribution in [1.82, 2.24) is 10.2 Å². The number of nitrogens with zero attached hydrogens (tertiary/aromatic N) is 2. The number of rotatable bonds is 11. The number of hydrogen-bond acceptors (Lipinski definition) is 4. The molecule has 9 heteroatoms. The first-order chi connectivity index (χ1) is 16.0. The average molecular weight is 508 g/mol. The largest absolute Gasteiger partial charge is 0.352 e. The van der Waals surface area contributed by atoms with Crippen molar-refractivity contribution in [2.45, 2.75) is 59.2 Å². The summed E-state index contributed by atoms with van der Waals surface area (Å²) in [4.78, 5) is 28.1. The number of anilines is 1. The van der Waals surface area contributed by atoms with Gasteiger partial charge in [0, 0.05) is 17.6 Å². The molecule has 0 aromatic heterocycles. The number of aryl methyl sites for hydroxylation is 1. The molecule has 34 heavy (non-hydrogen) atoms. The van der Waals surface area contributed by atoms with Crippen molar-refractivity contribution < 1.29 is 18.0 Å². The maximum absolute atomic E-state index is 13.6. The van der Waals surface area contributed by atoms with Crippen LogP contribution >= 0.6 is 11.6 Å². The van der Waals surface area contributed by atoms with E-state index in [0.29, 0.717) is 22.7 Å². The molecular weight excluding hydrogens is 474 g/mol. The van der Waals surface area contributed by atoms with Crippen LogP contribution in [0.5, 0.6) is 0 Å². The Bertz CT molecular complexity index is 1110. The molecule has 2 atom stereocenters. The van der Waals surface area contributed by atoms with Crippen LogP contribution in [-0.4, -0.2) is 50.0 Å². The van der Waals surface area contributed by atoms with E-state index in [1.807, 2.05) is 33.8 Å². The van der Waals surface area contributed by atoms with E-state index >= 15 is 0 Å². The monoisotopic (exact) mass is 507 g/mol. The van der Waals surface area contributed by atoms with Gasteiger partial charge in [-0.2, -0.15) is 0 Å². The van der Waals surface area contributed by atoms with Crippen LogP contribution in [0.4, 0.5) is 5.69 Å². The molecule has 1 N–H and O–H groups in total. The summed E-state index contributed by atoms with van der Waals surface area (Å²) in [6.45, 7) is 7.18. The van der Waals surface area contributed by atoms with Gasteiger partial charge in [-0.05, 0) is 56.0 Å². The SMILES string of the molecule is CC[C@H](C(=O)N[C@@H](C)CC)N(Cc1ccccc1Cl)C(=O)CN(c1cccc(C)c1)S(C)(=O)=O. The third-order valence-corrected chi connectivity index (χ3v) is 7.16. The molecule has 0 heterocycles. The molecule has 0 spiro atoms.